The molecule has 1 aromatic heterocycles. The van der Waals surface area contributed by atoms with Crippen LogP contribution in [0.25, 0.3) is 11.0 Å². The van der Waals surface area contributed by atoms with Crippen LogP contribution in [0.5, 0.6) is 0 Å². The minimum atomic E-state index is -3.95. The van der Waals surface area contributed by atoms with Gasteiger partial charge in [-0.05, 0) is 42.2 Å². The van der Waals surface area contributed by atoms with Crippen LogP contribution < -0.4 is 0 Å². The summed E-state index contributed by atoms with van der Waals surface area (Å²) in [4.78, 5) is 9.79. The topological polar surface area (TPSA) is 78.7 Å². The average Bonchev–Trinajstić information content (AvgIpc) is 3.20. The van der Waals surface area contributed by atoms with Gasteiger partial charge in [-0.2, -0.15) is 8.42 Å². The van der Waals surface area contributed by atoms with Crippen LogP contribution in [-0.2, 0) is 23.2 Å². The fourth-order valence-electron chi connectivity index (χ4n) is 5.40. The molecule has 37 heavy (non-hydrogen) atoms. The lowest BCUT2D eigenvalue weighted by Crippen LogP contribution is -2.47. The molecule has 3 aromatic carbocycles. The normalized spacial score (nSPS) is 15.5. The van der Waals surface area contributed by atoms with Gasteiger partial charge in [0.2, 0.25) is 0 Å². The molecule has 5 rings (SSSR count). The highest BCUT2D eigenvalue weighted by atomic mass is 32.2. The molecule has 8 heteroatoms. The van der Waals surface area contributed by atoms with Gasteiger partial charge in [0.1, 0.15) is 5.82 Å². The van der Waals surface area contributed by atoms with Crippen LogP contribution in [0.3, 0.4) is 0 Å². The van der Waals surface area contributed by atoms with Crippen molar-refractivity contribution in [3.05, 3.63) is 101 Å². The molecule has 1 saturated heterocycles. The van der Waals surface area contributed by atoms with Gasteiger partial charge in [-0.3, -0.25) is 14.4 Å². The summed E-state index contributed by atoms with van der Waals surface area (Å²) < 4.78 is 33.2. The molecule has 1 aliphatic rings. The fourth-order valence-corrected chi connectivity index (χ4v) is 5.90. The standard InChI is InChI=1S/C29H34N4O3S/c1-23-30-27-21-24(13-14-28(27)33(23)15-8-20-37(34,35)36)22-31-16-18-32(19-17-31)29(25-9-4-2-5-10-25)26-11-6-3-7-12-26/h2-7,9-14,21,29H,8,15-20,22H2,1H3,(H,34,35,36). The number of imidazole rings is 1. The van der Waals surface area contributed by atoms with Crippen molar-refractivity contribution in [3.63, 3.8) is 0 Å². The van der Waals surface area contributed by atoms with Crippen molar-refractivity contribution in [2.24, 2.45) is 0 Å². The summed E-state index contributed by atoms with van der Waals surface area (Å²) in [5, 5.41) is 0. The summed E-state index contributed by atoms with van der Waals surface area (Å²) in [5.74, 6) is 0.606. The molecule has 0 amide bonds. The third-order valence-electron chi connectivity index (χ3n) is 7.20. The van der Waals surface area contributed by atoms with Crippen LogP contribution in [0.15, 0.2) is 78.9 Å². The molecule has 1 fully saturated rings. The van der Waals surface area contributed by atoms with E-state index in [0.717, 1.165) is 49.6 Å². The van der Waals surface area contributed by atoms with Crippen molar-refractivity contribution in [2.75, 3.05) is 31.9 Å². The van der Waals surface area contributed by atoms with E-state index in [1.54, 1.807) is 0 Å². The Morgan fingerprint density at radius 2 is 1.51 bits per heavy atom. The number of hydrogen-bond acceptors (Lipinski definition) is 5. The summed E-state index contributed by atoms with van der Waals surface area (Å²) in [6.45, 7) is 7.31. The van der Waals surface area contributed by atoms with Crippen LogP contribution in [0.4, 0.5) is 0 Å². The molecule has 1 N–H and O–H groups in total. The number of hydrogen-bond donors (Lipinski definition) is 1. The Hall–Kier alpha value is -3.04. The number of rotatable bonds is 9. The summed E-state index contributed by atoms with van der Waals surface area (Å²) >= 11 is 0. The summed E-state index contributed by atoms with van der Waals surface area (Å²) in [6, 6.07) is 28.2. The Bertz CT molecular complexity index is 1390. The van der Waals surface area contributed by atoms with Gasteiger partial charge in [-0.1, -0.05) is 66.7 Å². The third-order valence-corrected chi connectivity index (χ3v) is 8.00. The second kappa shape index (κ2) is 11.1. The summed E-state index contributed by atoms with van der Waals surface area (Å²) in [5.41, 5.74) is 5.81. The van der Waals surface area contributed by atoms with E-state index >= 15 is 0 Å². The van der Waals surface area contributed by atoms with Crippen molar-refractivity contribution in [1.29, 1.82) is 0 Å². The van der Waals surface area contributed by atoms with E-state index in [2.05, 4.69) is 88.7 Å². The molecule has 0 radical (unpaired) electrons. The summed E-state index contributed by atoms with van der Waals surface area (Å²) in [6.07, 6.45) is 0.351. The predicted octanol–water partition coefficient (Wildman–Crippen LogP) is 4.53. The monoisotopic (exact) mass is 518 g/mol. The van der Waals surface area contributed by atoms with E-state index < -0.39 is 10.1 Å². The van der Waals surface area contributed by atoms with Crippen LogP contribution in [0.2, 0.25) is 0 Å². The van der Waals surface area contributed by atoms with Gasteiger partial charge in [0.25, 0.3) is 10.1 Å². The molecule has 7 nitrogen and oxygen atoms in total. The second-order valence-electron chi connectivity index (χ2n) is 9.81. The molecular weight excluding hydrogens is 484 g/mol. The number of piperazine rings is 1. The van der Waals surface area contributed by atoms with Crippen molar-refractivity contribution in [1.82, 2.24) is 19.4 Å². The number of nitrogens with zero attached hydrogens (tertiary/aromatic N) is 4. The average molecular weight is 519 g/mol. The predicted molar refractivity (Wildman–Crippen MR) is 147 cm³/mol. The first-order chi connectivity index (χ1) is 17.9. The molecule has 4 aromatic rings. The van der Waals surface area contributed by atoms with Crippen LogP contribution >= 0.6 is 0 Å². The van der Waals surface area contributed by atoms with Gasteiger partial charge < -0.3 is 4.57 Å². The van der Waals surface area contributed by atoms with E-state index in [4.69, 9.17) is 9.54 Å². The number of aromatic nitrogens is 2. The van der Waals surface area contributed by atoms with Crippen molar-refractivity contribution >= 4 is 21.2 Å². The minimum absolute atomic E-state index is 0.244. The molecule has 194 valence electrons. The zero-order chi connectivity index (χ0) is 25.8. The van der Waals surface area contributed by atoms with Crippen molar-refractivity contribution < 1.29 is 13.0 Å². The lowest BCUT2D eigenvalue weighted by Gasteiger charge is -2.39. The zero-order valence-electron chi connectivity index (χ0n) is 21.2. The maximum Gasteiger partial charge on any atom is 0.264 e. The molecule has 2 heterocycles. The van der Waals surface area contributed by atoms with Crippen LogP contribution in [-0.4, -0.2) is 64.3 Å². The molecule has 1 aliphatic heterocycles. The van der Waals surface area contributed by atoms with Gasteiger partial charge in [0.15, 0.2) is 0 Å². The van der Waals surface area contributed by atoms with Crippen molar-refractivity contribution in [3.8, 4) is 0 Å². The number of benzene rings is 3. The highest BCUT2D eigenvalue weighted by molar-refractivity contribution is 7.85. The van der Waals surface area contributed by atoms with Gasteiger partial charge in [-0.15, -0.1) is 0 Å². The first kappa shape index (κ1) is 25.6. The zero-order valence-corrected chi connectivity index (χ0v) is 22.0. The largest absolute Gasteiger partial charge is 0.328 e. The Balaban J connectivity index is 1.24. The van der Waals surface area contributed by atoms with Crippen molar-refractivity contribution in [2.45, 2.75) is 32.5 Å². The molecular formula is C29H34N4O3S. The lowest BCUT2D eigenvalue weighted by atomic mass is 9.96. The van der Waals surface area contributed by atoms with E-state index in [1.165, 1.54) is 16.7 Å². The Morgan fingerprint density at radius 3 is 2.11 bits per heavy atom. The quantitative estimate of drug-likeness (QED) is 0.328. The van der Waals surface area contributed by atoms with Crippen LogP contribution in [0.1, 0.15) is 35.0 Å². The molecule has 0 saturated carbocycles. The SMILES string of the molecule is Cc1nc2cc(CN3CCN(C(c4ccccc4)c4ccccc4)CC3)ccc2n1CCCS(=O)(=O)O. The minimum Gasteiger partial charge on any atom is -0.328 e. The Kier molecular flexibility index (Phi) is 7.71. The van der Waals surface area contributed by atoms with E-state index in [1.807, 2.05) is 11.5 Å². The van der Waals surface area contributed by atoms with Gasteiger partial charge >= 0.3 is 0 Å². The molecule has 0 unspecified atom stereocenters. The highest BCUT2D eigenvalue weighted by Gasteiger charge is 2.26. The summed E-state index contributed by atoms with van der Waals surface area (Å²) in [7, 11) is -3.95. The van der Waals surface area contributed by atoms with Crippen LogP contribution in [0, 0.1) is 6.92 Å². The Morgan fingerprint density at radius 1 is 0.892 bits per heavy atom. The van der Waals surface area contributed by atoms with E-state index in [-0.39, 0.29) is 11.8 Å². The van der Waals surface area contributed by atoms with E-state index in [0.29, 0.717) is 13.0 Å². The van der Waals surface area contributed by atoms with Gasteiger partial charge in [-0.25, -0.2) is 4.98 Å². The van der Waals surface area contributed by atoms with Gasteiger partial charge in [0, 0.05) is 39.3 Å². The highest BCUT2D eigenvalue weighted by Crippen LogP contribution is 2.30. The third kappa shape index (κ3) is 6.27. The fraction of sp³-hybridized carbons (Fsp3) is 0.345. The van der Waals surface area contributed by atoms with E-state index in [9.17, 15) is 8.42 Å². The first-order valence-electron chi connectivity index (χ1n) is 12.8. The smallest absolute Gasteiger partial charge is 0.264 e. The van der Waals surface area contributed by atoms with Gasteiger partial charge in [0.05, 0.1) is 22.8 Å². The molecule has 0 spiro atoms. The maximum absolute atomic E-state index is 11.1. The first-order valence-corrected chi connectivity index (χ1v) is 14.5. The number of fused-ring (bicyclic) bond motifs is 1. The lowest BCUT2D eigenvalue weighted by molar-refractivity contribution is 0.105. The Labute approximate surface area is 219 Å². The molecule has 0 bridgehead atoms. The number of aryl methyl sites for hydroxylation is 2. The molecule has 0 atom stereocenters. The maximum atomic E-state index is 11.1. The molecule has 0 aliphatic carbocycles. The second-order valence-corrected chi connectivity index (χ2v) is 11.4.